The Balaban J connectivity index is 2.26. The maximum Gasteiger partial charge on any atom is 0.0928 e. The lowest BCUT2D eigenvalue weighted by atomic mass is 9.88. The van der Waals surface area contributed by atoms with Crippen LogP contribution in [-0.4, -0.2) is 51.0 Å². The lowest BCUT2D eigenvalue weighted by Crippen LogP contribution is -2.44. The Hall–Kier alpha value is 0.230. The van der Waals surface area contributed by atoms with Gasteiger partial charge in [0.25, 0.3) is 0 Å². The highest BCUT2D eigenvalue weighted by molar-refractivity contribution is 7.99. The smallest absolute Gasteiger partial charge is 0.0928 e. The van der Waals surface area contributed by atoms with Crippen LogP contribution < -0.4 is 5.32 Å². The molecule has 1 saturated heterocycles. The fraction of sp³-hybridized carbons (Fsp3) is 1.00. The largest absolute Gasteiger partial charge is 0.382 e. The summed E-state index contributed by atoms with van der Waals surface area (Å²) in [4.78, 5) is 0. The molecule has 0 aromatic carbocycles. The molecule has 1 aliphatic heterocycles. The van der Waals surface area contributed by atoms with Crippen molar-refractivity contribution in [1.29, 1.82) is 0 Å². The van der Waals surface area contributed by atoms with Crippen LogP contribution in [0.15, 0.2) is 0 Å². The Kier molecular flexibility index (Phi) is 6.11. The van der Waals surface area contributed by atoms with Crippen molar-refractivity contribution in [2.45, 2.75) is 32.4 Å². The van der Waals surface area contributed by atoms with Crippen LogP contribution in [-0.2, 0) is 9.47 Å². The summed E-state index contributed by atoms with van der Waals surface area (Å²) in [5, 5.41) is 3.59. The molecule has 0 spiro atoms. The third-order valence-corrected chi connectivity index (χ3v) is 4.55. The van der Waals surface area contributed by atoms with Crippen LogP contribution in [0.2, 0.25) is 0 Å². The fourth-order valence-electron chi connectivity index (χ4n) is 2.09. The number of hydrogen-bond acceptors (Lipinski definition) is 4. The Bertz CT molecular complexity index is 199. The van der Waals surface area contributed by atoms with E-state index >= 15 is 0 Å². The number of nitrogens with one attached hydrogen (secondary N) is 1. The maximum absolute atomic E-state index is 5.34. The van der Waals surface area contributed by atoms with E-state index < -0.39 is 0 Å². The minimum atomic E-state index is 0.167. The molecule has 0 radical (unpaired) electrons. The summed E-state index contributed by atoms with van der Waals surface area (Å²) < 4.78 is 10.4. The Morgan fingerprint density at radius 1 is 1.44 bits per heavy atom. The van der Waals surface area contributed by atoms with Gasteiger partial charge in [-0.05, 0) is 17.6 Å². The highest BCUT2D eigenvalue weighted by Gasteiger charge is 2.28. The summed E-state index contributed by atoms with van der Waals surface area (Å²) in [5.41, 5.74) is 0.463. The predicted molar refractivity (Wildman–Crippen MR) is 70.2 cm³/mol. The normalized spacial score (nSPS) is 26.6. The first-order chi connectivity index (χ1) is 7.57. The van der Waals surface area contributed by atoms with E-state index in [1.54, 1.807) is 14.2 Å². The molecule has 4 heteroatoms. The first kappa shape index (κ1) is 14.3. The van der Waals surface area contributed by atoms with Crippen LogP contribution in [0.4, 0.5) is 0 Å². The second-order valence-electron chi connectivity index (χ2n) is 5.30. The van der Waals surface area contributed by atoms with Crippen molar-refractivity contribution in [3.8, 4) is 0 Å². The average molecular weight is 247 g/mol. The van der Waals surface area contributed by atoms with E-state index in [4.69, 9.17) is 9.47 Å². The minimum Gasteiger partial charge on any atom is -0.382 e. The highest BCUT2D eigenvalue weighted by atomic mass is 32.2. The van der Waals surface area contributed by atoms with Gasteiger partial charge in [0.15, 0.2) is 0 Å². The van der Waals surface area contributed by atoms with Crippen molar-refractivity contribution < 1.29 is 9.47 Å². The summed E-state index contributed by atoms with van der Waals surface area (Å²) in [7, 11) is 3.45. The van der Waals surface area contributed by atoms with Gasteiger partial charge in [-0.2, -0.15) is 11.8 Å². The molecule has 0 bridgehead atoms. The van der Waals surface area contributed by atoms with E-state index in [0.717, 1.165) is 6.54 Å². The lowest BCUT2D eigenvalue weighted by Gasteiger charge is -2.35. The third kappa shape index (κ3) is 5.04. The molecule has 2 atom stereocenters. The first-order valence-electron chi connectivity index (χ1n) is 5.90. The van der Waals surface area contributed by atoms with Gasteiger partial charge in [-0.3, -0.25) is 0 Å². The van der Waals surface area contributed by atoms with Crippen molar-refractivity contribution in [2.75, 3.05) is 38.9 Å². The molecular formula is C12H25NO2S. The van der Waals surface area contributed by atoms with E-state index in [9.17, 15) is 0 Å². The summed E-state index contributed by atoms with van der Waals surface area (Å²) >= 11 is 2.05. The van der Waals surface area contributed by atoms with E-state index in [-0.39, 0.29) is 6.10 Å². The van der Waals surface area contributed by atoms with Gasteiger partial charge >= 0.3 is 0 Å². The molecule has 0 amide bonds. The van der Waals surface area contributed by atoms with E-state index in [1.165, 1.54) is 17.9 Å². The molecule has 0 aromatic heterocycles. The average Bonchev–Trinajstić information content (AvgIpc) is 2.23. The molecule has 0 aromatic rings. The summed E-state index contributed by atoms with van der Waals surface area (Å²) in [6.45, 7) is 6.23. The molecule has 1 aliphatic rings. The molecule has 3 nitrogen and oxygen atoms in total. The quantitative estimate of drug-likeness (QED) is 0.775. The van der Waals surface area contributed by atoms with Crippen molar-refractivity contribution in [1.82, 2.24) is 5.32 Å². The standard InChI is InChI=1S/C12H25NO2S/c1-12(2)5-10(8-16-9-12)13-6-11(15-4)7-14-3/h10-11,13H,5-9H2,1-4H3. The van der Waals surface area contributed by atoms with Gasteiger partial charge in [-0.1, -0.05) is 13.8 Å². The lowest BCUT2D eigenvalue weighted by molar-refractivity contribution is 0.0269. The Labute approximate surface area is 104 Å². The van der Waals surface area contributed by atoms with Crippen LogP contribution >= 0.6 is 11.8 Å². The summed E-state index contributed by atoms with van der Waals surface area (Å²) in [6, 6.07) is 0.614. The topological polar surface area (TPSA) is 30.5 Å². The van der Waals surface area contributed by atoms with Gasteiger partial charge in [0.05, 0.1) is 12.7 Å². The second-order valence-corrected chi connectivity index (χ2v) is 6.33. The fourth-order valence-corrected chi connectivity index (χ4v) is 3.40. The van der Waals surface area contributed by atoms with Gasteiger partial charge in [0.2, 0.25) is 0 Å². The van der Waals surface area contributed by atoms with Crippen molar-refractivity contribution in [3.05, 3.63) is 0 Å². The van der Waals surface area contributed by atoms with Crippen LogP contribution in [0.1, 0.15) is 20.3 Å². The molecule has 1 heterocycles. The van der Waals surface area contributed by atoms with Crippen LogP contribution in [0.3, 0.4) is 0 Å². The number of ether oxygens (including phenoxy) is 2. The molecule has 16 heavy (non-hydrogen) atoms. The van der Waals surface area contributed by atoms with Crippen molar-refractivity contribution in [3.63, 3.8) is 0 Å². The van der Waals surface area contributed by atoms with E-state index in [0.29, 0.717) is 18.1 Å². The molecule has 0 aliphatic carbocycles. The van der Waals surface area contributed by atoms with Gasteiger partial charge in [-0.15, -0.1) is 0 Å². The zero-order chi connectivity index (χ0) is 12.0. The number of methoxy groups -OCH3 is 2. The summed E-state index contributed by atoms with van der Waals surface area (Å²) in [5.74, 6) is 2.49. The zero-order valence-electron chi connectivity index (χ0n) is 10.9. The predicted octanol–water partition coefficient (Wildman–Crippen LogP) is 1.77. The minimum absolute atomic E-state index is 0.167. The Morgan fingerprint density at radius 2 is 2.19 bits per heavy atom. The molecule has 1 N–H and O–H groups in total. The van der Waals surface area contributed by atoms with E-state index in [1.807, 2.05) is 11.8 Å². The molecule has 0 saturated carbocycles. The number of hydrogen-bond donors (Lipinski definition) is 1. The second kappa shape index (κ2) is 6.84. The van der Waals surface area contributed by atoms with Crippen LogP contribution in [0.25, 0.3) is 0 Å². The van der Waals surface area contributed by atoms with Gasteiger partial charge in [-0.25, -0.2) is 0 Å². The number of thioether (sulfide) groups is 1. The zero-order valence-corrected chi connectivity index (χ0v) is 11.7. The monoisotopic (exact) mass is 247 g/mol. The highest BCUT2D eigenvalue weighted by Crippen LogP contribution is 2.33. The van der Waals surface area contributed by atoms with Crippen molar-refractivity contribution >= 4 is 11.8 Å². The van der Waals surface area contributed by atoms with Gasteiger partial charge in [0, 0.05) is 32.6 Å². The van der Waals surface area contributed by atoms with Gasteiger partial charge in [0.1, 0.15) is 0 Å². The van der Waals surface area contributed by atoms with Gasteiger partial charge < -0.3 is 14.8 Å². The molecule has 1 rings (SSSR count). The maximum atomic E-state index is 5.34. The van der Waals surface area contributed by atoms with Crippen LogP contribution in [0.5, 0.6) is 0 Å². The summed E-state index contributed by atoms with van der Waals surface area (Å²) in [6.07, 6.45) is 1.42. The van der Waals surface area contributed by atoms with Crippen molar-refractivity contribution in [2.24, 2.45) is 5.41 Å². The molecule has 2 unspecified atom stereocenters. The number of rotatable bonds is 6. The molecule has 1 fully saturated rings. The van der Waals surface area contributed by atoms with E-state index in [2.05, 4.69) is 19.2 Å². The Morgan fingerprint density at radius 3 is 2.75 bits per heavy atom. The third-order valence-electron chi connectivity index (χ3n) is 2.93. The SMILES string of the molecule is COCC(CNC1CSCC(C)(C)C1)OC. The molecule has 96 valence electrons. The first-order valence-corrected chi connectivity index (χ1v) is 7.06. The molecular weight excluding hydrogens is 222 g/mol. The van der Waals surface area contributed by atoms with Crippen LogP contribution in [0, 0.1) is 5.41 Å².